The number of nitrogens with zero attached hydrogens (tertiary/aromatic N) is 3. The van der Waals surface area contributed by atoms with Crippen molar-refractivity contribution in [3.8, 4) is 0 Å². The van der Waals surface area contributed by atoms with Gasteiger partial charge in [-0.2, -0.15) is 0 Å². The molecule has 0 radical (unpaired) electrons. The highest BCUT2D eigenvalue weighted by Crippen LogP contribution is 1.97. The summed E-state index contributed by atoms with van der Waals surface area (Å²) in [6.07, 6.45) is 2.25. The molecule has 0 aliphatic rings. The summed E-state index contributed by atoms with van der Waals surface area (Å²) in [5.74, 6) is 0. The topological polar surface area (TPSA) is 63.0 Å². The maximum absolute atomic E-state index is 9.35. The van der Waals surface area contributed by atoms with Gasteiger partial charge in [-0.25, -0.2) is 4.68 Å². The molecule has 5 nitrogen and oxygen atoms in total. The van der Waals surface area contributed by atoms with Crippen LogP contribution in [0.2, 0.25) is 0 Å². The van der Waals surface area contributed by atoms with E-state index < -0.39 is 0 Å². The van der Waals surface area contributed by atoms with Gasteiger partial charge in [0.25, 0.3) is 0 Å². The van der Waals surface area contributed by atoms with Gasteiger partial charge in [0.2, 0.25) is 0 Å². The zero-order valence-electron chi connectivity index (χ0n) is 8.06. The molecule has 0 aliphatic heterocycles. The fourth-order valence-corrected chi connectivity index (χ4v) is 1.03. The predicted molar refractivity (Wildman–Crippen MR) is 49.1 cm³/mol. The van der Waals surface area contributed by atoms with Crippen LogP contribution in [0.4, 0.5) is 0 Å². The van der Waals surface area contributed by atoms with Crippen molar-refractivity contribution in [2.24, 2.45) is 0 Å². The van der Waals surface area contributed by atoms with Crippen LogP contribution in [0.1, 0.15) is 19.0 Å². The van der Waals surface area contributed by atoms with Crippen LogP contribution in [-0.2, 0) is 13.1 Å². The van der Waals surface area contributed by atoms with Gasteiger partial charge >= 0.3 is 0 Å². The highest BCUT2D eigenvalue weighted by Gasteiger charge is 2.04. The van der Waals surface area contributed by atoms with Crippen molar-refractivity contribution in [1.82, 2.24) is 20.3 Å². The zero-order chi connectivity index (χ0) is 9.68. The van der Waals surface area contributed by atoms with Crippen LogP contribution in [-0.4, -0.2) is 33.3 Å². The van der Waals surface area contributed by atoms with E-state index in [1.54, 1.807) is 4.68 Å². The van der Waals surface area contributed by atoms with Gasteiger partial charge in [0.1, 0.15) is 0 Å². The molecule has 0 amide bonds. The fraction of sp³-hybridized carbons (Fsp3) is 0.750. The highest BCUT2D eigenvalue weighted by atomic mass is 16.3. The Hall–Kier alpha value is -0.940. The SMILES string of the molecule is CCC(O)Cn1cc(CNC)nn1. The standard InChI is InChI=1S/C8H16N4O/c1-3-8(13)6-12-5-7(4-9-2)10-11-12/h5,8-9,13H,3-4,6H2,1-2H3. The molecule has 1 heterocycles. The van der Waals surface area contributed by atoms with E-state index in [1.165, 1.54) is 0 Å². The van der Waals surface area contributed by atoms with Crippen molar-refractivity contribution in [3.05, 3.63) is 11.9 Å². The number of hydrogen-bond acceptors (Lipinski definition) is 4. The molecule has 74 valence electrons. The Morgan fingerprint density at radius 1 is 1.69 bits per heavy atom. The van der Waals surface area contributed by atoms with Gasteiger partial charge < -0.3 is 10.4 Å². The van der Waals surface area contributed by atoms with E-state index in [-0.39, 0.29) is 6.10 Å². The van der Waals surface area contributed by atoms with Crippen molar-refractivity contribution in [3.63, 3.8) is 0 Å². The van der Waals surface area contributed by atoms with Crippen LogP contribution in [0.5, 0.6) is 0 Å². The second-order valence-electron chi connectivity index (χ2n) is 3.02. The molecule has 0 aromatic carbocycles. The third kappa shape index (κ3) is 3.12. The Morgan fingerprint density at radius 3 is 3.08 bits per heavy atom. The summed E-state index contributed by atoms with van der Waals surface area (Å²) in [6, 6.07) is 0. The van der Waals surface area contributed by atoms with E-state index in [2.05, 4.69) is 15.6 Å². The summed E-state index contributed by atoms with van der Waals surface area (Å²) >= 11 is 0. The maximum atomic E-state index is 9.35. The van der Waals surface area contributed by atoms with Crippen molar-refractivity contribution in [2.45, 2.75) is 32.5 Å². The molecule has 0 saturated heterocycles. The van der Waals surface area contributed by atoms with Crippen LogP contribution in [0.15, 0.2) is 6.20 Å². The Bertz CT molecular complexity index is 248. The second-order valence-corrected chi connectivity index (χ2v) is 3.02. The molecule has 0 spiro atoms. The summed E-state index contributed by atoms with van der Waals surface area (Å²) in [5, 5.41) is 20.2. The van der Waals surface area contributed by atoms with Crippen molar-refractivity contribution >= 4 is 0 Å². The van der Waals surface area contributed by atoms with Crippen LogP contribution in [0.25, 0.3) is 0 Å². The van der Waals surface area contributed by atoms with Gasteiger partial charge in [0, 0.05) is 12.7 Å². The largest absolute Gasteiger partial charge is 0.391 e. The van der Waals surface area contributed by atoms with E-state index in [0.717, 1.165) is 12.1 Å². The van der Waals surface area contributed by atoms with Gasteiger partial charge in [-0.15, -0.1) is 5.10 Å². The molecule has 2 N–H and O–H groups in total. The third-order valence-electron chi connectivity index (χ3n) is 1.81. The smallest absolute Gasteiger partial charge is 0.0964 e. The minimum absolute atomic E-state index is 0.330. The van der Waals surface area contributed by atoms with E-state index in [9.17, 15) is 5.11 Å². The summed E-state index contributed by atoms with van der Waals surface area (Å²) in [7, 11) is 1.86. The molecule has 1 atom stereocenters. The predicted octanol–water partition coefficient (Wildman–Crippen LogP) is -0.232. The third-order valence-corrected chi connectivity index (χ3v) is 1.81. The quantitative estimate of drug-likeness (QED) is 0.663. The monoisotopic (exact) mass is 184 g/mol. The number of aliphatic hydroxyl groups excluding tert-OH is 1. The summed E-state index contributed by atoms with van der Waals surface area (Å²) in [6.45, 7) is 3.17. The molecular formula is C8H16N4O. The summed E-state index contributed by atoms with van der Waals surface area (Å²) in [4.78, 5) is 0. The number of rotatable bonds is 5. The Kier molecular flexibility index (Phi) is 3.85. The molecular weight excluding hydrogens is 168 g/mol. The molecule has 1 aromatic heterocycles. The van der Waals surface area contributed by atoms with E-state index >= 15 is 0 Å². The zero-order valence-corrected chi connectivity index (χ0v) is 8.06. The molecule has 0 bridgehead atoms. The van der Waals surface area contributed by atoms with E-state index in [4.69, 9.17) is 0 Å². The van der Waals surface area contributed by atoms with Crippen molar-refractivity contribution in [1.29, 1.82) is 0 Å². The number of nitrogens with one attached hydrogen (secondary N) is 1. The van der Waals surface area contributed by atoms with Gasteiger partial charge in [-0.05, 0) is 13.5 Å². The summed E-state index contributed by atoms with van der Waals surface area (Å²) in [5.41, 5.74) is 0.894. The van der Waals surface area contributed by atoms with Crippen LogP contribution in [0.3, 0.4) is 0 Å². The molecule has 0 aliphatic carbocycles. The average molecular weight is 184 g/mol. The lowest BCUT2D eigenvalue weighted by Crippen LogP contribution is -2.15. The molecule has 1 aromatic rings. The second kappa shape index (κ2) is 4.94. The average Bonchev–Trinajstić information content (AvgIpc) is 2.53. The first-order valence-corrected chi connectivity index (χ1v) is 4.48. The summed E-state index contributed by atoms with van der Waals surface area (Å²) < 4.78 is 1.67. The van der Waals surface area contributed by atoms with Gasteiger partial charge in [-0.1, -0.05) is 12.1 Å². The molecule has 1 unspecified atom stereocenters. The maximum Gasteiger partial charge on any atom is 0.0964 e. The molecule has 0 saturated carbocycles. The first-order valence-electron chi connectivity index (χ1n) is 4.48. The van der Waals surface area contributed by atoms with Gasteiger partial charge in [0.15, 0.2) is 0 Å². The minimum atomic E-state index is -0.330. The van der Waals surface area contributed by atoms with E-state index in [1.807, 2.05) is 20.2 Å². The molecule has 1 rings (SSSR count). The Morgan fingerprint density at radius 2 is 2.46 bits per heavy atom. The number of aromatic nitrogens is 3. The lowest BCUT2D eigenvalue weighted by Gasteiger charge is -2.05. The first-order chi connectivity index (χ1) is 6.26. The minimum Gasteiger partial charge on any atom is -0.391 e. The normalized spacial score (nSPS) is 13.2. The number of aliphatic hydroxyl groups is 1. The first kappa shape index (κ1) is 10.1. The lowest BCUT2D eigenvalue weighted by molar-refractivity contribution is 0.144. The molecule has 13 heavy (non-hydrogen) atoms. The fourth-order valence-electron chi connectivity index (χ4n) is 1.03. The van der Waals surface area contributed by atoms with Crippen LogP contribution in [0, 0.1) is 0 Å². The van der Waals surface area contributed by atoms with Crippen molar-refractivity contribution < 1.29 is 5.11 Å². The van der Waals surface area contributed by atoms with Crippen LogP contribution >= 0.6 is 0 Å². The van der Waals surface area contributed by atoms with E-state index in [0.29, 0.717) is 13.1 Å². The van der Waals surface area contributed by atoms with Gasteiger partial charge in [0.05, 0.1) is 18.3 Å². The molecule has 0 fully saturated rings. The van der Waals surface area contributed by atoms with Crippen LogP contribution < -0.4 is 5.32 Å². The highest BCUT2D eigenvalue weighted by molar-refractivity contribution is 4.91. The lowest BCUT2D eigenvalue weighted by atomic mass is 10.3. The van der Waals surface area contributed by atoms with Gasteiger partial charge in [-0.3, -0.25) is 0 Å². The van der Waals surface area contributed by atoms with Crippen molar-refractivity contribution in [2.75, 3.05) is 7.05 Å². The Balaban J connectivity index is 2.48. The number of hydrogen-bond donors (Lipinski definition) is 2. The molecule has 5 heteroatoms. The Labute approximate surface area is 77.8 Å².